The van der Waals surface area contributed by atoms with Gasteiger partial charge in [0, 0.05) is 17.6 Å². The number of hydrogen-bond donors (Lipinski definition) is 2. The van der Waals surface area contributed by atoms with Gasteiger partial charge in [-0.2, -0.15) is 18.2 Å². The van der Waals surface area contributed by atoms with E-state index in [1.54, 1.807) is 6.07 Å². The van der Waals surface area contributed by atoms with Crippen LogP contribution in [0.25, 0.3) is 0 Å². The van der Waals surface area contributed by atoms with Crippen LogP contribution in [-0.2, 0) is 12.6 Å². The van der Waals surface area contributed by atoms with E-state index in [1.165, 1.54) is 24.8 Å². The van der Waals surface area contributed by atoms with E-state index < -0.39 is 11.7 Å². The predicted molar refractivity (Wildman–Crippen MR) is 126 cm³/mol. The number of nitrogens with zero attached hydrogens (tertiary/aromatic N) is 2. The van der Waals surface area contributed by atoms with Gasteiger partial charge < -0.3 is 10.6 Å². The molecular formula is C26H29F3N4. The molecule has 0 bridgehead atoms. The molecule has 1 aromatic heterocycles. The lowest BCUT2D eigenvalue weighted by atomic mass is 9.84. The van der Waals surface area contributed by atoms with Crippen LogP contribution in [-0.4, -0.2) is 9.97 Å². The summed E-state index contributed by atoms with van der Waals surface area (Å²) in [5, 5.41) is 5.91. The van der Waals surface area contributed by atoms with Gasteiger partial charge in [-0.05, 0) is 60.6 Å². The summed E-state index contributed by atoms with van der Waals surface area (Å²) in [5.74, 6) is 0.307. The van der Waals surface area contributed by atoms with Crippen LogP contribution in [0.1, 0.15) is 68.1 Å². The zero-order valence-corrected chi connectivity index (χ0v) is 18.8. The van der Waals surface area contributed by atoms with E-state index in [0.717, 1.165) is 43.1 Å². The highest BCUT2D eigenvalue weighted by molar-refractivity contribution is 5.63. The molecule has 0 saturated heterocycles. The molecule has 4 rings (SSSR count). The third-order valence-electron chi connectivity index (χ3n) is 6.07. The molecule has 0 aliphatic heterocycles. The summed E-state index contributed by atoms with van der Waals surface area (Å²) in [5.41, 5.74) is 2.79. The van der Waals surface area contributed by atoms with Crippen LogP contribution >= 0.6 is 0 Å². The molecule has 7 heteroatoms. The molecule has 0 amide bonds. The number of aryl methyl sites for hydroxylation is 1. The van der Waals surface area contributed by atoms with Gasteiger partial charge in [-0.3, -0.25) is 0 Å². The maximum atomic E-state index is 13.7. The highest BCUT2D eigenvalue weighted by Crippen LogP contribution is 2.37. The molecule has 0 radical (unpaired) electrons. The first-order valence-corrected chi connectivity index (χ1v) is 11.6. The number of benzene rings is 2. The van der Waals surface area contributed by atoms with Crippen molar-refractivity contribution in [3.8, 4) is 0 Å². The topological polar surface area (TPSA) is 49.8 Å². The first-order chi connectivity index (χ1) is 15.9. The lowest BCUT2D eigenvalue weighted by Crippen LogP contribution is -2.13. The minimum Gasteiger partial charge on any atom is -0.340 e. The Hall–Kier alpha value is -3.09. The van der Waals surface area contributed by atoms with Crippen LogP contribution < -0.4 is 10.6 Å². The van der Waals surface area contributed by atoms with Gasteiger partial charge in [0.2, 0.25) is 5.95 Å². The molecule has 0 unspecified atom stereocenters. The van der Waals surface area contributed by atoms with E-state index in [2.05, 4.69) is 33.6 Å². The van der Waals surface area contributed by atoms with E-state index in [-0.39, 0.29) is 11.8 Å². The maximum Gasteiger partial charge on any atom is 0.421 e. The first kappa shape index (κ1) is 23.1. The highest BCUT2D eigenvalue weighted by Gasteiger charge is 2.35. The molecule has 1 fully saturated rings. The summed E-state index contributed by atoms with van der Waals surface area (Å²) >= 11 is 0. The fourth-order valence-electron chi connectivity index (χ4n) is 4.36. The minimum atomic E-state index is -4.57. The number of hydrogen-bond acceptors (Lipinski definition) is 4. The zero-order chi connectivity index (χ0) is 23.3. The molecule has 1 aliphatic rings. The standard InChI is InChI=1S/C26H29F3N4/c1-2-7-18-12-14-21(15-13-18)32-25-30-17-23(26(27,28)29)24(33-25)31-22-11-6-10-20(16-22)19-8-4-3-5-9-19/h6,10-17,19H,2-5,7-9H2,1H3,(H2,30,31,32,33). The average molecular weight is 455 g/mol. The monoisotopic (exact) mass is 454 g/mol. The first-order valence-electron chi connectivity index (χ1n) is 11.6. The van der Waals surface area contributed by atoms with Gasteiger partial charge in [0.05, 0.1) is 0 Å². The second kappa shape index (κ2) is 10.2. The Labute approximate surface area is 192 Å². The molecule has 1 saturated carbocycles. The van der Waals surface area contributed by atoms with Crippen molar-refractivity contribution >= 4 is 23.1 Å². The highest BCUT2D eigenvalue weighted by atomic mass is 19.4. The lowest BCUT2D eigenvalue weighted by Gasteiger charge is -2.22. The quantitative estimate of drug-likeness (QED) is 0.380. The van der Waals surface area contributed by atoms with Crippen LogP contribution in [0.5, 0.6) is 0 Å². The molecule has 1 aliphatic carbocycles. The predicted octanol–water partition coefficient (Wildman–Crippen LogP) is 7.98. The Kier molecular flexibility index (Phi) is 7.16. The Balaban J connectivity index is 1.58. The number of alkyl halides is 3. The van der Waals surface area contributed by atoms with Crippen molar-refractivity contribution < 1.29 is 13.2 Å². The van der Waals surface area contributed by atoms with Gasteiger partial charge in [0.25, 0.3) is 0 Å². The van der Waals surface area contributed by atoms with Crippen molar-refractivity contribution in [3.63, 3.8) is 0 Å². The summed E-state index contributed by atoms with van der Waals surface area (Å²) in [7, 11) is 0. The number of aromatic nitrogens is 2. The Morgan fingerprint density at radius 1 is 0.939 bits per heavy atom. The van der Waals surface area contributed by atoms with Crippen molar-refractivity contribution in [1.29, 1.82) is 0 Å². The van der Waals surface area contributed by atoms with Crippen molar-refractivity contribution in [2.45, 2.75) is 64.0 Å². The van der Waals surface area contributed by atoms with Crippen molar-refractivity contribution in [2.24, 2.45) is 0 Å². The van der Waals surface area contributed by atoms with E-state index in [9.17, 15) is 13.2 Å². The largest absolute Gasteiger partial charge is 0.421 e. The zero-order valence-electron chi connectivity index (χ0n) is 18.8. The summed E-state index contributed by atoms with van der Waals surface area (Å²) < 4.78 is 41.0. The van der Waals surface area contributed by atoms with Crippen LogP contribution in [0.15, 0.2) is 54.7 Å². The van der Waals surface area contributed by atoms with Crippen molar-refractivity contribution in [2.75, 3.05) is 10.6 Å². The maximum absolute atomic E-state index is 13.7. The Bertz CT molecular complexity index is 1060. The second-order valence-electron chi connectivity index (χ2n) is 8.61. The fourth-order valence-corrected chi connectivity index (χ4v) is 4.36. The molecule has 2 N–H and O–H groups in total. The third kappa shape index (κ3) is 6.03. The van der Waals surface area contributed by atoms with Gasteiger partial charge in [0.15, 0.2) is 0 Å². The molecule has 2 aromatic carbocycles. The molecule has 33 heavy (non-hydrogen) atoms. The van der Waals surface area contributed by atoms with Crippen LogP contribution in [0, 0.1) is 0 Å². The van der Waals surface area contributed by atoms with E-state index in [4.69, 9.17) is 0 Å². The lowest BCUT2D eigenvalue weighted by molar-refractivity contribution is -0.137. The van der Waals surface area contributed by atoms with Crippen LogP contribution in [0.2, 0.25) is 0 Å². The fraction of sp³-hybridized carbons (Fsp3) is 0.385. The molecule has 0 spiro atoms. The molecule has 0 atom stereocenters. The molecule has 3 aromatic rings. The molecular weight excluding hydrogens is 425 g/mol. The summed E-state index contributed by atoms with van der Waals surface area (Å²) in [6.45, 7) is 2.11. The summed E-state index contributed by atoms with van der Waals surface area (Å²) in [6.07, 6.45) is 4.17. The van der Waals surface area contributed by atoms with Crippen molar-refractivity contribution in [1.82, 2.24) is 9.97 Å². The normalized spacial score (nSPS) is 14.8. The van der Waals surface area contributed by atoms with E-state index in [1.807, 2.05) is 36.4 Å². The number of nitrogens with one attached hydrogen (secondary N) is 2. The van der Waals surface area contributed by atoms with Gasteiger partial charge in [-0.15, -0.1) is 0 Å². The Morgan fingerprint density at radius 3 is 2.39 bits per heavy atom. The summed E-state index contributed by atoms with van der Waals surface area (Å²) in [4.78, 5) is 8.09. The summed E-state index contributed by atoms with van der Waals surface area (Å²) in [6, 6.07) is 15.4. The number of halogens is 3. The number of rotatable bonds is 7. The van der Waals surface area contributed by atoms with Gasteiger partial charge in [0.1, 0.15) is 11.4 Å². The van der Waals surface area contributed by atoms with Gasteiger partial charge in [-0.25, -0.2) is 4.98 Å². The average Bonchev–Trinajstić information content (AvgIpc) is 2.81. The molecule has 4 nitrogen and oxygen atoms in total. The SMILES string of the molecule is CCCc1ccc(Nc2ncc(C(F)(F)F)c(Nc3cccc(C4CCCCC4)c3)n2)cc1. The molecule has 174 valence electrons. The Morgan fingerprint density at radius 2 is 1.70 bits per heavy atom. The van der Waals surface area contributed by atoms with E-state index in [0.29, 0.717) is 11.6 Å². The van der Waals surface area contributed by atoms with Crippen molar-refractivity contribution in [3.05, 3.63) is 71.4 Å². The second-order valence-corrected chi connectivity index (χ2v) is 8.61. The van der Waals surface area contributed by atoms with Gasteiger partial charge in [-0.1, -0.05) is 56.9 Å². The minimum absolute atomic E-state index is 0.108. The molecule has 1 heterocycles. The third-order valence-corrected chi connectivity index (χ3v) is 6.07. The van der Waals surface area contributed by atoms with Gasteiger partial charge >= 0.3 is 6.18 Å². The van der Waals surface area contributed by atoms with Crippen LogP contribution in [0.3, 0.4) is 0 Å². The van der Waals surface area contributed by atoms with Crippen LogP contribution in [0.4, 0.5) is 36.3 Å². The number of anilines is 4. The smallest absolute Gasteiger partial charge is 0.340 e. The van der Waals surface area contributed by atoms with E-state index >= 15 is 0 Å².